The van der Waals surface area contributed by atoms with E-state index < -0.39 is 0 Å². The van der Waals surface area contributed by atoms with E-state index in [0.29, 0.717) is 12.1 Å². The summed E-state index contributed by atoms with van der Waals surface area (Å²) in [5, 5.41) is 0. The van der Waals surface area contributed by atoms with E-state index in [1.807, 2.05) is 0 Å². The van der Waals surface area contributed by atoms with Gasteiger partial charge in [-0.05, 0) is 68.6 Å². The zero-order valence-corrected chi connectivity index (χ0v) is 10.7. The summed E-state index contributed by atoms with van der Waals surface area (Å²) in [6.45, 7) is 0. The van der Waals surface area contributed by atoms with Crippen molar-refractivity contribution in [3.05, 3.63) is 0 Å². The van der Waals surface area contributed by atoms with Crippen LogP contribution in [0.5, 0.6) is 0 Å². The lowest BCUT2D eigenvalue weighted by molar-refractivity contribution is -0.111. The molecule has 0 aromatic carbocycles. The molecule has 1 N–H and O–H groups in total. The van der Waals surface area contributed by atoms with Crippen LogP contribution in [0.3, 0.4) is 0 Å². The fourth-order valence-electron chi connectivity index (χ4n) is 5.30. The van der Waals surface area contributed by atoms with E-state index in [9.17, 15) is 0 Å². The molecule has 0 aromatic rings. The maximum Gasteiger partial charge on any atom is 0.0790 e. The Morgan fingerprint density at radius 3 is 1.94 bits per heavy atom. The van der Waals surface area contributed by atoms with Crippen LogP contribution in [-0.4, -0.2) is 12.1 Å². The molecule has 4 bridgehead atoms. The molecule has 0 unspecified atom stereocenters. The first-order chi connectivity index (χ1) is 8.38. The second-order valence-electron chi connectivity index (χ2n) is 7.10. The maximum absolute atomic E-state index is 5.98. The molecule has 5 rings (SSSR count). The third kappa shape index (κ3) is 1.94. The van der Waals surface area contributed by atoms with Crippen molar-refractivity contribution in [2.24, 2.45) is 23.7 Å². The van der Waals surface area contributed by atoms with Gasteiger partial charge in [-0.2, -0.15) is 5.48 Å². The minimum Gasteiger partial charge on any atom is -0.298 e. The van der Waals surface area contributed by atoms with Gasteiger partial charge >= 0.3 is 0 Å². The molecule has 0 atom stereocenters. The minimum atomic E-state index is 0.521. The van der Waals surface area contributed by atoms with E-state index in [2.05, 4.69) is 5.48 Å². The lowest BCUT2D eigenvalue weighted by Gasteiger charge is -2.54. The average molecular weight is 235 g/mol. The van der Waals surface area contributed by atoms with Gasteiger partial charge in [0.05, 0.1) is 6.10 Å². The quantitative estimate of drug-likeness (QED) is 0.758. The van der Waals surface area contributed by atoms with Gasteiger partial charge in [-0.3, -0.25) is 4.84 Å². The highest BCUT2D eigenvalue weighted by Crippen LogP contribution is 2.53. The van der Waals surface area contributed by atoms with Crippen LogP contribution in [0.25, 0.3) is 0 Å². The van der Waals surface area contributed by atoms with Crippen molar-refractivity contribution in [1.82, 2.24) is 5.48 Å². The predicted octanol–water partition coefficient (Wildman–Crippen LogP) is 3.27. The zero-order chi connectivity index (χ0) is 11.2. The largest absolute Gasteiger partial charge is 0.298 e. The molecule has 17 heavy (non-hydrogen) atoms. The first-order valence-electron chi connectivity index (χ1n) is 7.79. The predicted molar refractivity (Wildman–Crippen MR) is 67.3 cm³/mol. The molecule has 0 radical (unpaired) electrons. The molecule has 5 saturated carbocycles. The highest BCUT2D eigenvalue weighted by atomic mass is 16.7. The number of hydrogen-bond acceptors (Lipinski definition) is 2. The van der Waals surface area contributed by atoms with E-state index in [1.54, 1.807) is 6.42 Å². The summed E-state index contributed by atoms with van der Waals surface area (Å²) >= 11 is 0. The zero-order valence-electron chi connectivity index (χ0n) is 10.7. The Morgan fingerprint density at radius 2 is 1.35 bits per heavy atom. The Labute approximate surface area is 104 Å². The Balaban J connectivity index is 1.37. The van der Waals surface area contributed by atoms with Crippen molar-refractivity contribution in [1.29, 1.82) is 0 Å². The topological polar surface area (TPSA) is 21.3 Å². The van der Waals surface area contributed by atoms with Crippen molar-refractivity contribution < 1.29 is 4.84 Å². The van der Waals surface area contributed by atoms with E-state index in [1.165, 1.54) is 51.4 Å². The molecule has 0 spiro atoms. The van der Waals surface area contributed by atoms with Crippen molar-refractivity contribution in [2.45, 2.75) is 69.9 Å². The van der Waals surface area contributed by atoms with Gasteiger partial charge in [0.1, 0.15) is 0 Å². The SMILES string of the molecule is C1CCC(ONC2C3CC4CC(C3)CC2C4)C1. The summed E-state index contributed by atoms with van der Waals surface area (Å²) < 4.78 is 0. The van der Waals surface area contributed by atoms with Crippen LogP contribution >= 0.6 is 0 Å². The van der Waals surface area contributed by atoms with E-state index in [-0.39, 0.29) is 0 Å². The summed E-state index contributed by atoms with van der Waals surface area (Å²) in [4.78, 5) is 5.98. The number of nitrogens with one attached hydrogen (secondary N) is 1. The van der Waals surface area contributed by atoms with Crippen molar-refractivity contribution in [3.63, 3.8) is 0 Å². The van der Waals surface area contributed by atoms with Crippen LogP contribution in [0, 0.1) is 23.7 Å². The van der Waals surface area contributed by atoms with Gasteiger partial charge in [0.15, 0.2) is 0 Å². The second-order valence-corrected chi connectivity index (χ2v) is 7.10. The molecular formula is C15H25NO. The van der Waals surface area contributed by atoms with E-state index in [0.717, 1.165) is 23.7 Å². The molecule has 2 heteroatoms. The van der Waals surface area contributed by atoms with Crippen molar-refractivity contribution in [3.8, 4) is 0 Å². The minimum absolute atomic E-state index is 0.521. The van der Waals surface area contributed by atoms with Crippen LogP contribution in [0.15, 0.2) is 0 Å². The second kappa shape index (κ2) is 4.24. The highest BCUT2D eigenvalue weighted by Gasteiger charge is 2.48. The van der Waals surface area contributed by atoms with Gasteiger partial charge in [0.2, 0.25) is 0 Å². The molecule has 5 aliphatic rings. The monoisotopic (exact) mass is 235 g/mol. The van der Waals surface area contributed by atoms with Crippen LogP contribution < -0.4 is 5.48 Å². The summed E-state index contributed by atoms with van der Waals surface area (Å²) in [5.41, 5.74) is 3.51. The van der Waals surface area contributed by atoms with Crippen LogP contribution in [0.4, 0.5) is 0 Å². The molecule has 0 aliphatic heterocycles. The standard InChI is InChI=1S/C15H25NO/c1-2-4-14(3-1)17-16-15-12-6-10-5-11(8-12)9-13(15)7-10/h10-16H,1-9H2. The van der Waals surface area contributed by atoms with Gasteiger partial charge < -0.3 is 0 Å². The van der Waals surface area contributed by atoms with E-state index in [4.69, 9.17) is 4.84 Å². The fraction of sp³-hybridized carbons (Fsp3) is 1.00. The van der Waals surface area contributed by atoms with Crippen LogP contribution in [-0.2, 0) is 4.84 Å². The lowest BCUT2D eigenvalue weighted by atomic mass is 9.54. The lowest BCUT2D eigenvalue weighted by Crippen LogP contribution is -2.54. The van der Waals surface area contributed by atoms with Crippen molar-refractivity contribution >= 4 is 0 Å². The number of hydroxylamine groups is 1. The third-order valence-electron chi connectivity index (χ3n) is 5.90. The Kier molecular flexibility index (Phi) is 2.69. The van der Waals surface area contributed by atoms with Crippen molar-refractivity contribution in [2.75, 3.05) is 0 Å². The van der Waals surface area contributed by atoms with Gasteiger partial charge in [-0.25, -0.2) is 0 Å². The van der Waals surface area contributed by atoms with Gasteiger partial charge in [-0.15, -0.1) is 0 Å². The fourth-order valence-corrected chi connectivity index (χ4v) is 5.30. The smallest absolute Gasteiger partial charge is 0.0790 e. The first-order valence-corrected chi connectivity index (χ1v) is 7.79. The van der Waals surface area contributed by atoms with Gasteiger partial charge in [-0.1, -0.05) is 12.8 Å². The molecule has 0 saturated heterocycles. The molecule has 0 heterocycles. The molecule has 96 valence electrons. The highest BCUT2D eigenvalue weighted by molar-refractivity contribution is 5.00. The summed E-state index contributed by atoms with van der Waals surface area (Å²) in [7, 11) is 0. The normalized spacial score (nSPS) is 49.1. The maximum atomic E-state index is 5.98. The average Bonchev–Trinajstić information content (AvgIpc) is 2.80. The Hall–Kier alpha value is -0.0800. The Morgan fingerprint density at radius 1 is 0.765 bits per heavy atom. The molecule has 2 nitrogen and oxygen atoms in total. The van der Waals surface area contributed by atoms with Gasteiger partial charge in [0.25, 0.3) is 0 Å². The molecular weight excluding hydrogens is 210 g/mol. The van der Waals surface area contributed by atoms with Crippen LogP contribution in [0.1, 0.15) is 57.8 Å². The summed E-state index contributed by atoms with van der Waals surface area (Å²) in [5.74, 6) is 4.02. The molecule has 5 aliphatic carbocycles. The van der Waals surface area contributed by atoms with Crippen LogP contribution in [0.2, 0.25) is 0 Å². The first kappa shape index (κ1) is 10.8. The van der Waals surface area contributed by atoms with Gasteiger partial charge in [0, 0.05) is 6.04 Å². The van der Waals surface area contributed by atoms with E-state index >= 15 is 0 Å². The molecule has 0 aromatic heterocycles. The Bertz CT molecular complexity index is 257. The molecule has 0 amide bonds. The molecule has 5 fully saturated rings. The third-order valence-corrected chi connectivity index (χ3v) is 5.90. The summed E-state index contributed by atoms with van der Waals surface area (Å²) in [6, 6.07) is 0.698. The summed E-state index contributed by atoms with van der Waals surface area (Å²) in [6.07, 6.45) is 13.3. The number of rotatable bonds is 3. The number of hydrogen-bond donors (Lipinski definition) is 1.